The molecule has 3 rings (SSSR count). The van der Waals surface area contributed by atoms with Gasteiger partial charge in [-0.15, -0.1) is 0 Å². The van der Waals surface area contributed by atoms with E-state index in [0.717, 1.165) is 24.3 Å². The number of nitrogens with one attached hydrogen (secondary N) is 2. The van der Waals surface area contributed by atoms with Gasteiger partial charge in [0.15, 0.2) is 5.82 Å². The Morgan fingerprint density at radius 1 is 1.14 bits per heavy atom. The molecule has 0 aliphatic carbocycles. The number of hydrogen-bond acceptors (Lipinski definition) is 6. The van der Waals surface area contributed by atoms with Crippen LogP contribution in [0, 0.1) is 11.8 Å². The Balaban J connectivity index is 1.83. The Hall–Kier alpha value is -3.80. The van der Waals surface area contributed by atoms with Crippen molar-refractivity contribution in [1.29, 1.82) is 0 Å². The molecule has 0 aliphatic rings. The Morgan fingerprint density at radius 2 is 1.94 bits per heavy atom. The van der Waals surface area contributed by atoms with Gasteiger partial charge < -0.3 is 25.0 Å². The molecule has 1 heterocycles. The van der Waals surface area contributed by atoms with Gasteiger partial charge in [0.1, 0.15) is 11.9 Å². The molecule has 0 radical (unpaired) electrons. The summed E-state index contributed by atoms with van der Waals surface area (Å²) in [5, 5.41) is 10.4. The molecule has 1 aromatic heterocycles. The second kappa shape index (κ2) is 12.6. The number of nitrogens with zero attached hydrogens (tertiary/aromatic N) is 3. The highest BCUT2D eigenvalue weighted by Crippen LogP contribution is 2.20. The molecule has 3 aromatic rings. The normalized spacial score (nSPS) is 11.5. The maximum absolute atomic E-state index is 12.9. The first kappa shape index (κ1) is 25.8. The van der Waals surface area contributed by atoms with Gasteiger partial charge in [-0.3, -0.25) is 9.48 Å². The van der Waals surface area contributed by atoms with Gasteiger partial charge in [-0.05, 0) is 57.4 Å². The Bertz CT molecular complexity index is 1190. The van der Waals surface area contributed by atoms with E-state index in [1.54, 1.807) is 43.2 Å². The molecule has 1 atom stereocenters. The van der Waals surface area contributed by atoms with Gasteiger partial charge in [-0.1, -0.05) is 17.9 Å². The van der Waals surface area contributed by atoms with E-state index < -0.39 is 0 Å². The van der Waals surface area contributed by atoms with Gasteiger partial charge in [0, 0.05) is 61.9 Å². The van der Waals surface area contributed by atoms with Crippen LogP contribution >= 0.6 is 0 Å². The number of hydrogen-bond donors (Lipinski definition) is 2. The van der Waals surface area contributed by atoms with Crippen LogP contribution in [0.1, 0.15) is 28.4 Å². The van der Waals surface area contributed by atoms with Gasteiger partial charge in [0.25, 0.3) is 5.91 Å². The Morgan fingerprint density at radius 3 is 2.66 bits per heavy atom. The number of likely N-dealkylation sites (N-methyl/N-ethyl adjacent to an activating group) is 1. The molecule has 0 unspecified atom stereocenters. The summed E-state index contributed by atoms with van der Waals surface area (Å²) in [5.41, 5.74) is 2.99. The van der Waals surface area contributed by atoms with Crippen molar-refractivity contribution in [3.8, 4) is 17.6 Å². The largest absolute Gasteiger partial charge is 0.488 e. The van der Waals surface area contributed by atoms with Crippen molar-refractivity contribution in [2.75, 3.05) is 51.5 Å². The first-order valence-corrected chi connectivity index (χ1v) is 11.4. The highest BCUT2D eigenvalue weighted by atomic mass is 16.5. The quantitative estimate of drug-likeness (QED) is 0.437. The van der Waals surface area contributed by atoms with Crippen LogP contribution in [0.2, 0.25) is 0 Å². The number of methoxy groups -OCH3 is 1. The lowest BCUT2D eigenvalue weighted by Crippen LogP contribution is -2.20. The number of rotatable bonds is 10. The highest BCUT2D eigenvalue weighted by molar-refractivity contribution is 6.04. The average molecular weight is 476 g/mol. The number of carbonyl (C=O) groups is 1. The Kier molecular flexibility index (Phi) is 9.30. The van der Waals surface area contributed by atoms with Gasteiger partial charge in [0.05, 0.1) is 6.61 Å². The van der Waals surface area contributed by atoms with Crippen molar-refractivity contribution in [1.82, 2.24) is 14.7 Å². The molecule has 0 fully saturated rings. The number of aromatic nitrogens is 2. The van der Waals surface area contributed by atoms with E-state index in [-0.39, 0.29) is 12.0 Å². The molecule has 0 saturated heterocycles. The molecule has 1 amide bonds. The summed E-state index contributed by atoms with van der Waals surface area (Å²) >= 11 is 0. The van der Waals surface area contributed by atoms with Crippen LogP contribution in [0.4, 0.5) is 11.5 Å². The predicted octanol–water partition coefficient (Wildman–Crippen LogP) is 3.46. The van der Waals surface area contributed by atoms with Crippen LogP contribution in [0.5, 0.6) is 5.75 Å². The zero-order valence-corrected chi connectivity index (χ0v) is 21.0. The van der Waals surface area contributed by atoms with Crippen LogP contribution in [0.3, 0.4) is 0 Å². The van der Waals surface area contributed by atoms with Crippen LogP contribution in [-0.2, 0) is 11.8 Å². The van der Waals surface area contributed by atoms with Gasteiger partial charge in [-0.2, -0.15) is 5.10 Å². The van der Waals surface area contributed by atoms with Crippen molar-refractivity contribution in [3.63, 3.8) is 0 Å². The zero-order valence-electron chi connectivity index (χ0n) is 21.0. The molecule has 8 nitrogen and oxygen atoms in total. The summed E-state index contributed by atoms with van der Waals surface area (Å²) in [6.07, 6.45) is 1.59. The minimum atomic E-state index is -0.288. The molecular formula is C27H33N5O3. The van der Waals surface area contributed by atoms with E-state index in [0.29, 0.717) is 29.3 Å². The summed E-state index contributed by atoms with van der Waals surface area (Å²) in [6, 6.07) is 15.0. The van der Waals surface area contributed by atoms with E-state index in [4.69, 9.17) is 9.47 Å². The van der Waals surface area contributed by atoms with Gasteiger partial charge >= 0.3 is 0 Å². The van der Waals surface area contributed by atoms with E-state index >= 15 is 0 Å². The maximum Gasteiger partial charge on any atom is 0.257 e. The fraction of sp³-hybridized carbons (Fsp3) is 0.333. The third-order valence-corrected chi connectivity index (χ3v) is 4.96. The fourth-order valence-electron chi connectivity index (χ4n) is 3.32. The van der Waals surface area contributed by atoms with Crippen molar-refractivity contribution in [2.45, 2.75) is 13.0 Å². The number of aryl methyl sites for hydroxylation is 1. The van der Waals surface area contributed by atoms with Gasteiger partial charge in [-0.25, -0.2) is 0 Å². The Labute approximate surface area is 207 Å². The minimum Gasteiger partial charge on any atom is -0.488 e. The number of benzene rings is 2. The van der Waals surface area contributed by atoms with Crippen molar-refractivity contribution in [2.24, 2.45) is 7.05 Å². The molecule has 2 N–H and O–H groups in total. The summed E-state index contributed by atoms with van der Waals surface area (Å²) in [5.74, 6) is 7.11. The van der Waals surface area contributed by atoms with E-state index in [1.807, 2.05) is 51.4 Å². The van der Waals surface area contributed by atoms with Gasteiger partial charge in [0.2, 0.25) is 0 Å². The van der Waals surface area contributed by atoms with E-state index in [2.05, 4.69) is 32.5 Å². The first-order valence-electron chi connectivity index (χ1n) is 11.4. The standard InChI is InChI=1S/C27H33N5O3/c1-20(19-34-5)35-25-17-22(15-23(18-25)27(33)29-26-11-13-32(4)30-26)10-9-21-7-6-8-24(16-21)28-12-14-31(2)3/h6-8,11,13,15-18,20,28H,12,14,19H2,1-5H3,(H,29,30,33)/t20-/m0/s1. The van der Waals surface area contributed by atoms with Crippen LogP contribution < -0.4 is 15.4 Å². The van der Waals surface area contributed by atoms with Crippen LogP contribution in [-0.4, -0.2) is 67.6 Å². The summed E-state index contributed by atoms with van der Waals surface area (Å²) in [7, 11) is 7.50. The monoisotopic (exact) mass is 475 g/mol. The van der Waals surface area contributed by atoms with Crippen LogP contribution in [0.15, 0.2) is 54.7 Å². The number of amides is 1. The summed E-state index contributed by atoms with van der Waals surface area (Å²) in [6.45, 7) is 4.12. The SMILES string of the molecule is COC[C@H](C)Oc1cc(C#Cc2cccc(NCCN(C)C)c2)cc(C(=O)Nc2ccn(C)n2)c1. The van der Waals surface area contributed by atoms with Crippen LogP contribution in [0.25, 0.3) is 0 Å². The number of anilines is 2. The zero-order chi connectivity index (χ0) is 25.2. The molecular weight excluding hydrogens is 442 g/mol. The van der Waals surface area contributed by atoms with Crippen molar-refractivity contribution < 1.29 is 14.3 Å². The first-order chi connectivity index (χ1) is 16.8. The molecule has 0 bridgehead atoms. The average Bonchev–Trinajstić information content (AvgIpc) is 3.22. The smallest absolute Gasteiger partial charge is 0.257 e. The van der Waals surface area contributed by atoms with E-state index in [9.17, 15) is 4.79 Å². The molecule has 8 heteroatoms. The summed E-state index contributed by atoms with van der Waals surface area (Å²) < 4.78 is 12.8. The lowest BCUT2D eigenvalue weighted by atomic mass is 10.1. The van der Waals surface area contributed by atoms with Crippen molar-refractivity contribution >= 4 is 17.4 Å². The van der Waals surface area contributed by atoms with Crippen molar-refractivity contribution in [3.05, 3.63) is 71.4 Å². The predicted molar refractivity (Wildman–Crippen MR) is 139 cm³/mol. The maximum atomic E-state index is 12.9. The molecule has 0 saturated carbocycles. The van der Waals surface area contributed by atoms with E-state index in [1.165, 1.54) is 0 Å². The molecule has 35 heavy (non-hydrogen) atoms. The second-order valence-corrected chi connectivity index (χ2v) is 8.52. The third-order valence-electron chi connectivity index (χ3n) is 4.96. The molecule has 0 aliphatic heterocycles. The number of carbonyl (C=O) groups excluding carboxylic acids is 1. The molecule has 184 valence electrons. The minimum absolute atomic E-state index is 0.181. The lowest BCUT2D eigenvalue weighted by molar-refractivity contribution is 0.0917. The molecule has 2 aromatic carbocycles. The highest BCUT2D eigenvalue weighted by Gasteiger charge is 2.12. The number of ether oxygens (including phenoxy) is 2. The topological polar surface area (TPSA) is 80.7 Å². The lowest BCUT2D eigenvalue weighted by Gasteiger charge is -2.15. The third kappa shape index (κ3) is 8.49. The summed E-state index contributed by atoms with van der Waals surface area (Å²) in [4.78, 5) is 15.0. The fourth-order valence-corrected chi connectivity index (χ4v) is 3.32. The molecule has 0 spiro atoms. The second-order valence-electron chi connectivity index (χ2n) is 8.52.